The van der Waals surface area contributed by atoms with Gasteiger partial charge in [-0.25, -0.2) is 0 Å². The number of allylic oxidation sites excluding steroid dienone is 4. The molecular weight excluding hydrogens is 972 g/mol. The van der Waals surface area contributed by atoms with E-state index in [-0.39, 0.29) is 10.8 Å². The molecule has 12 rings (SSSR count). The average Bonchev–Trinajstić information content (AvgIpc) is 3.83. The predicted octanol–water partition coefficient (Wildman–Crippen LogP) is 15.3. The van der Waals surface area contributed by atoms with Crippen molar-refractivity contribution in [3.05, 3.63) is 290 Å². The first-order valence-corrected chi connectivity index (χ1v) is 27.8. The first-order valence-electron chi connectivity index (χ1n) is 27.8. The van der Waals surface area contributed by atoms with E-state index in [9.17, 15) is 0 Å². The molecule has 0 radical (unpaired) electrons. The largest absolute Gasteiger partial charge is 0.497 e. The summed E-state index contributed by atoms with van der Waals surface area (Å²) in [5.41, 5.74) is 22.3. The van der Waals surface area contributed by atoms with Crippen LogP contribution < -0.4 is 36.2 Å². The molecule has 0 aliphatic carbocycles. The summed E-state index contributed by atoms with van der Waals surface area (Å²) in [7, 11) is 7.72. The van der Waals surface area contributed by atoms with Gasteiger partial charge in [0.25, 0.3) is 0 Å². The van der Waals surface area contributed by atoms with E-state index in [1.165, 1.54) is 100 Å². The molecule has 0 unspecified atom stereocenters. The number of hydrogen-bond donors (Lipinski definition) is 0. The van der Waals surface area contributed by atoms with E-state index < -0.39 is 6.15 Å². The fourth-order valence-corrected chi connectivity index (χ4v) is 12.6. The summed E-state index contributed by atoms with van der Waals surface area (Å²) in [6.07, 6.45) is 5.10. The Kier molecular flexibility index (Phi) is 14.7. The maximum absolute atomic E-state index is 5.46. The molecule has 2 aliphatic heterocycles. The second kappa shape index (κ2) is 22.3. The SMILES string of the molecule is COc1ccc2c(c1)C(C)(C)C(/C=C/C=C1/N(C)c3ccc(OC)cc3C1(C)C)=[N+]2C.c1ccc(-c2ccc([B-](c3ccc(-c4ccccc4)cc3)(c3ccc(-c4ccccc4)cc3)c3ccc(-c4ccccc4)cc3)cc2)cc1. The molecule has 5 heteroatoms. The lowest BCUT2D eigenvalue weighted by molar-refractivity contribution is -0.401. The maximum Gasteiger partial charge on any atom is 0.209 e. The summed E-state index contributed by atoms with van der Waals surface area (Å²) in [6.45, 7) is 9.09. The van der Waals surface area contributed by atoms with Gasteiger partial charge in [-0.2, -0.15) is 26.4 Å². The second-order valence-corrected chi connectivity index (χ2v) is 22.2. The van der Waals surface area contributed by atoms with E-state index in [2.05, 4.69) is 312 Å². The first-order chi connectivity index (χ1) is 38.9. The topological polar surface area (TPSA) is 24.7 Å². The Morgan fingerprint density at radius 1 is 0.400 bits per heavy atom. The molecule has 2 aliphatic rings. The smallest absolute Gasteiger partial charge is 0.209 e. The van der Waals surface area contributed by atoms with E-state index in [1.807, 2.05) is 12.1 Å². The highest BCUT2D eigenvalue weighted by molar-refractivity contribution is 7.19. The summed E-state index contributed by atoms with van der Waals surface area (Å²) in [6, 6.07) is 92.4. The number of ether oxygens (including phenoxy) is 2. The van der Waals surface area contributed by atoms with Crippen molar-refractivity contribution in [1.82, 2.24) is 0 Å². The van der Waals surface area contributed by atoms with Crippen molar-refractivity contribution in [1.29, 1.82) is 0 Å². The lowest BCUT2D eigenvalue weighted by Gasteiger charge is -2.44. The Bertz CT molecular complexity index is 3530. The highest BCUT2D eigenvalue weighted by Crippen LogP contribution is 2.48. The second-order valence-electron chi connectivity index (χ2n) is 22.2. The Balaban J connectivity index is 0.000000188. The molecule has 394 valence electrons. The van der Waals surface area contributed by atoms with Gasteiger partial charge in [-0.15, -0.1) is 0 Å². The molecule has 0 spiro atoms. The van der Waals surface area contributed by atoms with Crippen molar-refractivity contribution in [3.8, 4) is 56.0 Å². The maximum atomic E-state index is 5.46. The molecule has 10 aromatic rings. The standard InChI is InChI=1S/C48H36B.C27H33N2O2/c1-5-13-37(14-6-1)41-21-29-45(30-22-41)49(46-31-23-42(24-32-46)38-15-7-2-8-16-38,47-33-25-43(26-34-47)39-17-9-3-10-18-39)48-35-27-44(28-36-48)40-19-11-4-12-20-40;1-26(2)20-16-18(30-7)12-14-22(20)28(5)24(26)10-9-11-25-27(3,4)21-17-19(31-8)13-15-23(21)29(25)6/h1-36H;9-17H,1-8H3/q-1;+1. The number of rotatable bonds is 12. The van der Waals surface area contributed by atoms with Gasteiger partial charge in [0, 0.05) is 41.6 Å². The van der Waals surface area contributed by atoms with Gasteiger partial charge in [0.05, 0.1) is 19.6 Å². The number of hydrogen-bond acceptors (Lipinski definition) is 3. The van der Waals surface area contributed by atoms with Gasteiger partial charge in [-0.3, -0.25) is 0 Å². The summed E-state index contributed by atoms with van der Waals surface area (Å²) in [5, 5.41) is 0. The zero-order valence-corrected chi connectivity index (χ0v) is 47.3. The number of likely N-dealkylation sites (N-methyl/N-ethyl adjacent to an activating group) is 1. The van der Waals surface area contributed by atoms with Crippen molar-refractivity contribution in [2.45, 2.75) is 38.5 Å². The van der Waals surface area contributed by atoms with Crippen LogP contribution in [0.25, 0.3) is 44.5 Å². The fraction of sp³-hybridized carbons (Fsp3) is 0.133. The van der Waals surface area contributed by atoms with Crippen molar-refractivity contribution in [2.24, 2.45) is 0 Å². The summed E-state index contributed by atoms with van der Waals surface area (Å²) >= 11 is 0. The van der Waals surface area contributed by atoms with E-state index in [0.29, 0.717) is 0 Å². The quantitative estimate of drug-likeness (QED) is 0.0900. The number of nitrogens with zero attached hydrogens (tertiary/aromatic N) is 2. The van der Waals surface area contributed by atoms with Gasteiger partial charge in [0.2, 0.25) is 5.69 Å². The molecule has 80 heavy (non-hydrogen) atoms. The Morgan fingerprint density at radius 2 is 0.738 bits per heavy atom. The monoisotopic (exact) mass is 1040 g/mol. The van der Waals surface area contributed by atoms with Gasteiger partial charge in [-0.1, -0.05) is 238 Å². The van der Waals surface area contributed by atoms with Crippen molar-refractivity contribution in [2.75, 3.05) is 33.2 Å². The van der Waals surface area contributed by atoms with Gasteiger partial charge in [-0.05, 0) is 100 Å². The number of benzene rings is 10. The predicted molar refractivity (Wildman–Crippen MR) is 340 cm³/mol. The van der Waals surface area contributed by atoms with Crippen LogP contribution in [0.3, 0.4) is 0 Å². The molecule has 0 amide bonds. The number of fused-ring (bicyclic) bond motifs is 2. The third-order valence-corrected chi connectivity index (χ3v) is 17.1. The zero-order chi connectivity index (χ0) is 55.4. The molecule has 0 N–H and O–H groups in total. The molecule has 0 fully saturated rings. The van der Waals surface area contributed by atoms with Crippen LogP contribution in [0, 0.1) is 0 Å². The van der Waals surface area contributed by atoms with Crippen LogP contribution in [0.15, 0.2) is 279 Å². The normalized spacial score (nSPS) is 14.6. The molecule has 10 aromatic carbocycles. The molecule has 4 nitrogen and oxygen atoms in total. The van der Waals surface area contributed by atoms with Crippen molar-refractivity contribution < 1.29 is 14.0 Å². The van der Waals surface area contributed by atoms with E-state index in [1.54, 1.807) is 14.2 Å². The van der Waals surface area contributed by atoms with Gasteiger partial charge in [0.1, 0.15) is 24.7 Å². The zero-order valence-electron chi connectivity index (χ0n) is 47.3. The van der Waals surface area contributed by atoms with Gasteiger partial charge in [0.15, 0.2) is 5.71 Å². The first kappa shape index (κ1) is 52.8. The minimum absolute atomic E-state index is 0.0962. The van der Waals surface area contributed by atoms with E-state index in [0.717, 1.165) is 11.5 Å². The number of anilines is 1. The summed E-state index contributed by atoms with van der Waals surface area (Å²) < 4.78 is 13.2. The summed E-state index contributed by atoms with van der Waals surface area (Å²) in [5.74, 6) is 1.80. The molecule has 0 bridgehead atoms. The van der Waals surface area contributed by atoms with Crippen molar-refractivity contribution in [3.63, 3.8) is 0 Å². The third-order valence-electron chi connectivity index (χ3n) is 17.1. The minimum Gasteiger partial charge on any atom is -0.497 e. The molecule has 0 saturated carbocycles. The lowest BCUT2D eigenvalue weighted by Crippen LogP contribution is -2.74. The Labute approximate surface area is 474 Å². The molecule has 0 aromatic heterocycles. The van der Waals surface area contributed by atoms with Crippen LogP contribution in [-0.4, -0.2) is 44.7 Å². The van der Waals surface area contributed by atoms with E-state index in [4.69, 9.17) is 9.47 Å². The van der Waals surface area contributed by atoms with Gasteiger partial charge >= 0.3 is 0 Å². The lowest BCUT2D eigenvalue weighted by atomic mass is 9.13. The van der Waals surface area contributed by atoms with Crippen LogP contribution in [-0.2, 0) is 10.8 Å². The highest BCUT2D eigenvalue weighted by Gasteiger charge is 2.44. The van der Waals surface area contributed by atoms with Crippen LogP contribution >= 0.6 is 0 Å². The minimum atomic E-state index is -1.57. The van der Waals surface area contributed by atoms with Gasteiger partial charge < -0.3 is 14.4 Å². The third kappa shape index (κ3) is 9.90. The van der Waals surface area contributed by atoms with Crippen LogP contribution in [0.4, 0.5) is 11.4 Å². The molecular formula is C75H69BN2O2. The highest BCUT2D eigenvalue weighted by atomic mass is 16.5. The molecule has 0 saturated heterocycles. The van der Waals surface area contributed by atoms with Crippen molar-refractivity contribution >= 4 is 45.1 Å². The van der Waals surface area contributed by atoms with Crippen LogP contribution in [0.2, 0.25) is 0 Å². The average molecular weight is 1040 g/mol. The van der Waals surface area contributed by atoms with E-state index >= 15 is 0 Å². The number of methoxy groups -OCH3 is 2. The van der Waals surface area contributed by atoms with Crippen LogP contribution in [0.1, 0.15) is 38.8 Å². The fourth-order valence-electron chi connectivity index (χ4n) is 12.6. The molecule has 0 atom stereocenters. The summed E-state index contributed by atoms with van der Waals surface area (Å²) in [4.78, 5) is 2.28. The Hall–Kier alpha value is -9.19. The molecule has 2 heterocycles. The van der Waals surface area contributed by atoms with Crippen LogP contribution in [0.5, 0.6) is 11.5 Å². The Morgan fingerprint density at radius 3 is 1.10 bits per heavy atom.